The Morgan fingerprint density at radius 1 is 1.64 bits per heavy atom. The summed E-state index contributed by atoms with van der Waals surface area (Å²) in [5, 5.41) is 8.73. The van der Waals surface area contributed by atoms with Gasteiger partial charge >= 0.3 is 5.97 Å². The number of nitrogens with one attached hydrogen (secondary N) is 1. The van der Waals surface area contributed by atoms with Gasteiger partial charge in [0.1, 0.15) is 6.07 Å². The molecule has 5 heteroatoms. The number of hydrazine groups is 1. The third kappa shape index (κ3) is 1.65. The zero-order valence-electron chi connectivity index (χ0n) is 7.57. The van der Waals surface area contributed by atoms with E-state index in [1.807, 2.05) is 6.07 Å². The number of carbonyl (C=O) groups is 1. The summed E-state index contributed by atoms with van der Waals surface area (Å²) >= 11 is 0. The molecule has 0 atom stereocenters. The lowest BCUT2D eigenvalue weighted by Crippen LogP contribution is -2.14. The van der Waals surface area contributed by atoms with Crippen molar-refractivity contribution >= 4 is 11.7 Å². The van der Waals surface area contributed by atoms with Gasteiger partial charge < -0.3 is 10.2 Å². The van der Waals surface area contributed by atoms with Crippen molar-refractivity contribution < 1.29 is 9.53 Å². The van der Waals surface area contributed by atoms with Crippen molar-refractivity contribution in [1.29, 1.82) is 5.26 Å². The van der Waals surface area contributed by atoms with Crippen LogP contribution in [0.25, 0.3) is 0 Å². The first kappa shape index (κ1) is 10.0. The zero-order chi connectivity index (χ0) is 10.6. The zero-order valence-corrected chi connectivity index (χ0v) is 7.57. The highest BCUT2D eigenvalue weighted by atomic mass is 16.5. The number of anilines is 1. The number of carbonyl (C=O) groups excluding carboxylic acids is 1. The number of ether oxygens (including phenoxy) is 1. The second kappa shape index (κ2) is 4.25. The number of nitrogen functional groups attached to an aromatic ring is 1. The third-order valence-electron chi connectivity index (χ3n) is 1.73. The van der Waals surface area contributed by atoms with E-state index < -0.39 is 5.97 Å². The SMILES string of the molecule is COC(=O)c1cccc(C#N)c1NN. The van der Waals surface area contributed by atoms with Crippen LogP contribution < -0.4 is 11.3 Å². The van der Waals surface area contributed by atoms with Crippen LogP contribution in [-0.4, -0.2) is 13.1 Å². The minimum Gasteiger partial charge on any atom is -0.465 e. The first-order valence-corrected chi connectivity index (χ1v) is 3.82. The van der Waals surface area contributed by atoms with Crippen LogP contribution in [0, 0.1) is 11.3 Å². The van der Waals surface area contributed by atoms with Crippen LogP contribution in [0.3, 0.4) is 0 Å². The van der Waals surface area contributed by atoms with Crippen LogP contribution in [-0.2, 0) is 4.74 Å². The Kier molecular flexibility index (Phi) is 3.05. The Morgan fingerprint density at radius 3 is 2.86 bits per heavy atom. The molecular formula is C9H9N3O2. The van der Waals surface area contributed by atoms with Crippen LogP contribution >= 0.6 is 0 Å². The summed E-state index contributed by atoms with van der Waals surface area (Å²) in [7, 11) is 1.27. The third-order valence-corrected chi connectivity index (χ3v) is 1.73. The van der Waals surface area contributed by atoms with Gasteiger partial charge in [-0.2, -0.15) is 5.26 Å². The number of hydrogen-bond acceptors (Lipinski definition) is 5. The molecule has 0 heterocycles. The molecule has 0 aliphatic heterocycles. The number of rotatable bonds is 2. The van der Waals surface area contributed by atoms with E-state index in [-0.39, 0.29) is 11.3 Å². The molecule has 1 rings (SSSR count). The Morgan fingerprint density at radius 2 is 2.36 bits per heavy atom. The molecule has 0 amide bonds. The van der Waals surface area contributed by atoms with Gasteiger partial charge in [0.15, 0.2) is 0 Å². The van der Waals surface area contributed by atoms with Crippen LogP contribution in [0.1, 0.15) is 15.9 Å². The number of nitriles is 1. The monoisotopic (exact) mass is 191 g/mol. The number of para-hydroxylation sites is 1. The molecule has 0 radical (unpaired) electrons. The molecule has 72 valence electrons. The summed E-state index contributed by atoms with van der Waals surface area (Å²) in [6, 6.07) is 6.59. The predicted molar refractivity (Wildman–Crippen MR) is 50.3 cm³/mol. The summed E-state index contributed by atoms with van der Waals surface area (Å²) in [5.74, 6) is 4.68. The molecule has 0 saturated carbocycles. The molecule has 1 aromatic rings. The van der Waals surface area contributed by atoms with Gasteiger partial charge in [-0.15, -0.1) is 0 Å². The Hall–Kier alpha value is -2.06. The highest BCUT2D eigenvalue weighted by molar-refractivity contribution is 5.96. The number of benzene rings is 1. The van der Waals surface area contributed by atoms with E-state index in [0.29, 0.717) is 5.56 Å². The van der Waals surface area contributed by atoms with Gasteiger partial charge in [0.2, 0.25) is 0 Å². The predicted octanol–water partition coefficient (Wildman–Crippen LogP) is 0.630. The lowest BCUT2D eigenvalue weighted by atomic mass is 10.1. The quantitative estimate of drug-likeness (QED) is 0.406. The smallest absolute Gasteiger partial charge is 0.340 e. The standard InChI is InChI=1S/C9H9N3O2/c1-14-9(13)7-4-2-3-6(5-10)8(7)12-11/h2-4,12H,11H2,1H3. The number of hydrogen-bond donors (Lipinski definition) is 2. The fourth-order valence-corrected chi connectivity index (χ4v) is 1.08. The van der Waals surface area contributed by atoms with E-state index in [4.69, 9.17) is 11.1 Å². The molecule has 0 aliphatic rings. The summed E-state index contributed by atoms with van der Waals surface area (Å²) in [4.78, 5) is 11.2. The van der Waals surface area contributed by atoms with Gasteiger partial charge in [-0.3, -0.25) is 5.84 Å². The molecule has 0 fully saturated rings. The summed E-state index contributed by atoms with van der Waals surface area (Å²) in [5.41, 5.74) is 3.13. The van der Waals surface area contributed by atoms with Crippen molar-refractivity contribution in [3.8, 4) is 6.07 Å². The molecule has 0 bridgehead atoms. The van der Waals surface area contributed by atoms with Crippen LogP contribution in [0.4, 0.5) is 5.69 Å². The second-order valence-electron chi connectivity index (χ2n) is 2.48. The van der Waals surface area contributed by atoms with Crippen molar-refractivity contribution in [2.45, 2.75) is 0 Å². The highest BCUT2D eigenvalue weighted by Gasteiger charge is 2.13. The van der Waals surface area contributed by atoms with E-state index in [2.05, 4.69) is 10.2 Å². The fraction of sp³-hybridized carbons (Fsp3) is 0.111. The lowest BCUT2D eigenvalue weighted by Gasteiger charge is -2.07. The summed E-state index contributed by atoms with van der Waals surface area (Å²) < 4.78 is 4.53. The molecule has 1 aromatic carbocycles. The highest BCUT2D eigenvalue weighted by Crippen LogP contribution is 2.19. The van der Waals surface area contributed by atoms with E-state index in [1.165, 1.54) is 13.2 Å². The van der Waals surface area contributed by atoms with Crippen molar-refractivity contribution in [2.75, 3.05) is 12.5 Å². The average molecular weight is 191 g/mol. The maximum absolute atomic E-state index is 11.2. The van der Waals surface area contributed by atoms with Crippen molar-refractivity contribution in [3.63, 3.8) is 0 Å². The van der Waals surface area contributed by atoms with Crippen LogP contribution in [0.2, 0.25) is 0 Å². The molecule has 0 unspecified atom stereocenters. The van der Waals surface area contributed by atoms with Crippen molar-refractivity contribution in [2.24, 2.45) is 5.84 Å². The molecule has 3 N–H and O–H groups in total. The van der Waals surface area contributed by atoms with Crippen LogP contribution in [0.15, 0.2) is 18.2 Å². The van der Waals surface area contributed by atoms with Gasteiger partial charge in [0, 0.05) is 0 Å². The number of esters is 1. The van der Waals surface area contributed by atoms with E-state index >= 15 is 0 Å². The first-order chi connectivity index (χ1) is 6.74. The van der Waals surface area contributed by atoms with Crippen molar-refractivity contribution in [3.05, 3.63) is 29.3 Å². The average Bonchev–Trinajstić information content (AvgIpc) is 2.26. The molecule has 0 spiro atoms. The number of methoxy groups -OCH3 is 1. The van der Waals surface area contributed by atoms with Gasteiger partial charge in [0.25, 0.3) is 0 Å². The summed E-state index contributed by atoms with van der Waals surface area (Å²) in [6.45, 7) is 0. The second-order valence-corrected chi connectivity index (χ2v) is 2.48. The largest absolute Gasteiger partial charge is 0.465 e. The Balaban J connectivity index is 3.31. The Bertz CT molecular complexity index is 396. The normalized spacial score (nSPS) is 8.93. The number of nitrogens with two attached hydrogens (primary N) is 1. The first-order valence-electron chi connectivity index (χ1n) is 3.82. The molecule has 0 aliphatic carbocycles. The molecule has 0 aromatic heterocycles. The molecular weight excluding hydrogens is 182 g/mol. The van der Waals surface area contributed by atoms with Gasteiger partial charge in [-0.1, -0.05) is 6.07 Å². The maximum Gasteiger partial charge on any atom is 0.340 e. The number of nitrogens with zero attached hydrogens (tertiary/aromatic N) is 1. The topological polar surface area (TPSA) is 88.1 Å². The Labute approximate surface area is 81.1 Å². The maximum atomic E-state index is 11.2. The van der Waals surface area contributed by atoms with Gasteiger partial charge in [0.05, 0.1) is 23.9 Å². The minimum atomic E-state index is -0.532. The lowest BCUT2D eigenvalue weighted by molar-refractivity contribution is 0.0602. The van der Waals surface area contributed by atoms with Gasteiger partial charge in [-0.25, -0.2) is 4.79 Å². The molecule has 0 saturated heterocycles. The minimum absolute atomic E-state index is 0.244. The van der Waals surface area contributed by atoms with E-state index in [1.54, 1.807) is 12.1 Å². The van der Waals surface area contributed by atoms with Crippen molar-refractivity contribution in [1.82, 2.24) is 0 Å². The van der Waals surface area contributed by atoms with Crippen LogP contribution in [0.5, 0.6) is 0 Å². The molecule has 5 nitrogen and oxygen atoms in total. The fourth-order valence-electron chi connectivity index (χ4n) is 1.08. The molecule has 14 heavy (non-hydrogen) atoms. The van der Waals surface area contributed by atoms with E-state index in [9.17, 15) is 4.79 Å². The summed E-state index contributed by atoms with van der Waals surface area (Å²) in [6.07, 6.45) is 0. The van der Waals surface area contributed by atoms with Gasteiger partial charge in [-0.05, 0) is 12.1 Å². The van der Waals surface area contributed by atoms with E-state index in [0.717, 1.165) is 0 Å².